The molecule has 3 N–H and O–H groups in total. The van der Waals surface area contributed by atoms with Gasteiger partial charge in [0, 0.05) is 23.5 Å². The first-order valence-electron chi connectivity index (χ1n) is 11.4. The molecule has 1 aromatic carbocycles. The first-order valence-corrected chi connectivity index (χ1v) is 11.7. The van der Waals surface area contributed by atoms with Crippen molar-refractivity contribution < 1.29 is 14.7 Å². The molecule has 172 valence electrons. The Labute approximate surface area is 190 Å². The van der Waals surface area contributed by atoms with Gasteiger partial charge in [-0.2, -0.15) is 0 Å². The molecule has 0 bridgehead atoms. The summed E-state index contributed by atoms with van der Waals surface area (Å²) in [7, 11) is 0. The van der Waals surface area contributed by atoms with E-state index in [0.29, 0.717) is 24.5 Å². The van der Waals surface area contributed by atoms with Crippen LogP contribution in [0, 0.1) is 11.3 Å². The number of hydrogen-bond acceptors (Lipinski definition) is 4. The standard InChI is InChI=1S/C24H36ClN3O3/c1-16(2)20(27-21(29)19-7-5-6-13-26-19)22(30)28-14-12-24(31,23(3,4)15-28)17-8-10-18(25)11-9-17/h8-11,16,19-20,26,31H,5-7,12-15H2,1-4H3,(H,27,29)/t19-,20-,24+/m1/s1. The maximum Gasteiger partial charge on any atom is 0.245 e. The summed E-state index contributed by atoms with van der Waals surface area (Å²) < 4.78 is 0. The Morgan fingerprint density at radius 1 is 1.23 bits per heavy atom. The number of hydrogen-bond donors (Lipinski definition) is 3. The minimum atomic E-state index is -1.06. The van der Waals surface area contributed by atoms with Crippen molar-refractivity contribution in [2.45, 2.75) is 71.1 Å². The number of amides is 2. The average molecular weight is 450 g/mol. The van der Waals surface area contributed by atoms with Crippen molar-refractivity contribution >= 4 is 23.4 Å². The molecule has 3 rings (SSSR count). The van der Waals surface area contributed by atoms with Gasteiger partial charge in [-0.3, -0.25) is 9.59 Å². The summed E-state index contributed by atoms with van der Waals surface area (Å²) in [5.74, 6) is -0.202. The number of piperidine rings is 2. The normalized spacial score (nSPS) is 27.1. The van der Waals surface area contributed by atoms with E-state index in [-0.39, 0.29) is 23.8 Å². The van der Waals surface area contributed by atoms with Gasteiger partial charge in [-0.1, -0.05) is 57.8 Å². The Morgan fingerprint density at radius 3 is 2.45 bits per heavy atom. The summed E-state index contributed by atoms with van der Waals surface area (Å²) in [5, 5.41) is 18.4. The third-order valence-electron chi connectivity index (χ3n) is 6.94. The quantitative estimate of drug-likeness (QED) is 0.645. The number of rotatable bonds is 5. The van der Waals surface area contributed by atoms with Crippen LogP contribution in [0.5, 0.6) is 0 Å². The van der Waals surface area contributed by atoms with Gasteiger partial charge in [-0.05, 0) is 49.4 Å². The van der Waals surface area contributed by atoms with Crippen molar-refractivity contribution in [1.29, 1.82) is 0 Å². The van der Waals surface area contributed by atoms with E-state index in [1.54, 1.807) is 17.0 Å². The number of nitrogens with zero attached hydrogens (tertiary/aromatic N) is 1. The molecule has 3 atom stereocenters. The van der Waals surface area contributed by atoms with E-state index in [4.69, 9.17) is 11.6 Å². The van der Waals surface area contributed by atoms with E-state index in [1.807, 2.05) is 39.8 Å². The molecule has 0 saturated carbocycles. The minimum Gasteiger partial charge on any atom is -0.384 e. The van der Waals surface area contributed by atoms with Crippen molar-refractivity contribution in [3.05, 3.63) is 34.9 Å². The van der Waals surface area contributed by atoms with Crippen molar-refractivity contribution in [2.75, 3.05) is 19.6 Å². The molecule has 1 aromatic rings. The topological polar surface area (TPSA) is 81.7 Å². The Balaban J connectivity index is 1.72. The lowest BCUT2D eigenvalue weighted by Gasteiger charge is -2.51. The number of aliphatic hydroxyl groups is 1. The Kier molecular flexibility index (Phi) is 7.34. The molecule has 7 heteroatoms. The van der Waals surface area contributed by atoms with Crippen LogP contribution in [0.3, 0.4) is 0 Å². The van der Waals surface area contributed by atoms with Crippen molar-refractivity contribution in [1.82, 2.24) is 15.5 Å². The van der Waals surface area contributed by atoms with Crippen LogP contribution < -0.4 is 10.6 Å². The predicted octanol–water partition coefficient (Wildman–Crippen LogP) is 3.07. The fourth-order valence-electron chi connectivity index (χ4n) is 4.81. The Bertz CT molecular complexity index is 790. The lowest BCUT2D eigenvalue weighted by atomic mass is 9.66. The summed E-state index contributed by atoms with van der Waals surface area (Å²) in [6.45, 7) is 9.55. The summed E-state index contributed by atoms with van der Waals surface area (Å²) in [6, 6.07) is 6.48. The number of halogens is 1. The van der Waals surface area contributed by atoms with Gasteiger partial charge in [0.15, 0.2) is 0 Å². The Hall–Kier alpha value is -1.63. The predicted molar refractivity (Wildman–Crippen MR) is 123 cm³/mol. The highest BCUT2D eigenvalue weighted by Gasteiger charge is 2.50. The zero-order valence-corrected chi connectivity index (χ0v) is 19.8. The van der Waals surface area contributed by atoms with Gasteiger partial charge in [0.1, 0.15) is 6.04 Å². The van der Waals surface area contributed by atoms with E-state index < -0.39 is 17.1 Å². The lowest BCUT2D eigenvalue weighted by Crippen LogP contribution is -2.61. The fraction of sp³-hybridized carbons (Fsp3) is 0.667. The monoisotopic (exact) mass is 449 g/mol. The first kappa shape index (κ1) is 24.0. The molecule has 2 aliphatic heterocycles. The van der Waals surface area contributed by atoms with Crippen molar-refractivity contribution in [2.24, 2.45) is 11.3 Å². The van der Waals surface area contributed by atoms with Crippen LogP contribution in [0.4, 0.5) is 0 Å². The average Bonchev–Trinajstić information content (AvgIpc) is 2.74. The van der Waals surface area contributed by atoms with Crippen LogP contribution in [-0.2, 0) is 15.2 Å². The smallest absolute Gasteiger partial charge is 0.245 e. The highest BCUT2D eigenvalue weighted by Crippen LogP contribution is 2.46. The molecule has 0 aliphatic carbocycles. The second-order valence-electron chi connectivity index (χ2n) is 9.99. The van der Waals surface area contributed by atoms with Crippen LogP contribution in [0.1, 0.15) is 58.9 Å². The molecule has 2 heterocycles. The first-order chi connectivity index (χ1) is 14.5. The highest BCUT2D eigenvalue weighted by molar-refractivity contribution is 6.30. The number of carbonyl (C=O) groups excluding carboxylic acids is 2. The number of benzene rings is 1. The molecule has 2 aliphatic rings. The molecule has 31 heavy (non-hydrogen) atoms. The zero-order valence-electron chi connectivity index (χ0n) is 19.1. The minimum absolute atomic E-state index is 0.0276. The molecular formula is C24H36ClN3O3. The van der Waals surface area contributed by atoms with Gasteiger partial charge in [-0.15, -0.1) is 0 Å². The van der Waals surface area contributed by atoms with Gasteiger partial charge in [0.25, 0.3) is 0 Å². The molecule has 0 aromatic heterocycles. The van der Waals surface area contributed by atoms with Crippen LogP contribution in [0.15, 0.2) is 24.3 Å². The van der Waals surface area contributed by atoms with Crippen molar-refractivity contribution in [3.8, 4) is 0 Å². The third-order valence-corrected chi connectivity index (χ3v) is 7.19. The van der Waals surface area contributed by atoms with Gasteiger partial charge in [-0.25, -0.2) is 0 Å². The molecule has 0 unspecified atom stereocenters. The van der Waals surface area contributed by atoms with E-state index in [0.717, 1.165) is 31.4 Å². The number of carbonyl (C=O) groups is 2. The maximum absolute atomic E-state index is 13.4. The summed E-state index contributed by atoms with van der Waals surface area (Å²) >= 11 is 6.02. The van der Waals surface area contributed by atoms with Crippen molar-refractivity contribution in [3.63, 3.8) is 0 Å². The van der Waals surface area contributed by atoms with Gasteiger partial charge < -0.3 is 20.6 Å². The maximum atomic E-state index is 13.4. The molecule has 6 nitrogen and oxygen atoms in total. The number of nitrogens with one attached hydrogen (secondary N) is 2. The molecule has 2 fully saturated rings. The summed E-state index contributed by atoms with van der Waals surface area (Å²) in [4.78, 5) is 28.0. The van der Waals surface area contributed by atoms with Crippen LogP contribution >= 0.6 is 11.6 Å². The molecule has 0 spiro atoms. The van der Waals surface area contributed by atoms with Gasteiger partial charge in [0.05, 0.1) is 11.6 Å². The van der Waals surface area contributed by atoms with Gasteiger partial charge in [0.2, 0.25) is 11.8 Å². The molecule has 2 saturated heterocycles. The third kappa shape index (κ3) is 5.07. The SMILES string of the molecule is CC(C)[C@@H](NC(=O)[C@H]1CCCCN1)C(=O)N1CC[C@](O)(c2ccc(Cl)cc2)C(C)(C)C1. The molecule has 0 radical (unpaired) electrons. The molecular weight excluding hydrogens is 414 g/mol. The van der Waals surface area contributed by atoms with Crippen LogP contribution in [0.25, 0.3) is 0 Å². The van der Waals surface area contributed by atoms with Crippen LogP contribution in [0.2, 0.25) is 5.02 Å². The second-order valence-corrected chi connectivity index (χ2v) is 10.4. The van der Waals surface area contributed by atoms with E-state index in [2.05, 4.69) is 10.6 Å². The highest BCUT2D eigenvalue weighted by atomic mass is 35.5. The fourth-order valence-corrected chi connectivity index (χ4v) is 4.94. The van der Waals surface area contributed by atoms with E-state index >= 15 is 0 Å². The van der Waals surface area contributed by atoms with E-state index in [1.165, 1.54) is 0 Å². The zero-order chi connectivity index (χ0) is 22.8. The lowest BCUT2D eigenvalue weighted by molar-refractivity contribution is -0.156. The van der Waals surface area contributed by atoms with E-state index in [9.17, 15) is 14.7 Å². The number of likely N-dealkylation sites (tertiary alicyclic amines) is 1. The second kappa shape index (κ2) is 9.47. The molecule has 2 amide bonds. The largest absolute Gasteiger partial charge is 0.384 e. The summed E-state index contributed by atoms with van der Waals surface area (Å²) in [6.07, 6.45) is 3.33. The summed E-state index contributed by atoms with van der Waals surface area (Å²) in [5.41, 5.74) is -0.812. The van der Waals surface area contributed by atoms with Gasteiger partial charge >= 0.3 is 0 Å². The van der Waals surface area contributed by atoms with Crippen LogP contribution in [-0.4, -0.2) is 53.5 Å². The Morgan fingerprint density at radius 2 is 1.90 bits per heavy atom.